The number of halogens is 1. The summed E-state index contributed by atoms with van der Waals surface area (Å²) in [7, 11) is -4.06. The Kier molecular flexibility index (Phi) is 7.47. The first kappa shape index (κ1) is 19.4. The molecule has 23 heavy (non-hydrogen) atoms. The molecule has 1 aromatic carbocycles. The van der Waals surface area contributed by atoms with Crippen molar-refractivity contribution in [3.8, 4) is 0 Å². The molecule has 1 amide bonds. The van der Waals surface area contributed by atoms with Gasteiger partial charge in [-0.25, -0.2) is 18.4 Å². The number of hydrogen-bond acceptors (Lipinski definition) is 5. The number of esters is 1. The van der Waals surface area contributed by atoms with Gasteiger partial charge in [0.15, 0.2) is 6.61 Å². The molecule has 0 aliphatic heterocycles. The van der Waals surface area contributed by atoms with Crippen LogP contribution in [-0.4, -0.2) is 33.4 Å². The van der Waals surface area contributed by atoms with Gasteiger partial charge in [-0.3, -0.25) is 4.79 Å². The van der Waals surface area contributed by atoms with Gasteiger partial charge in [0, 0.05) is 6.54 Å². The molecule has 0 bridgehead atoms. The van der Waals surface area contributed by atoms with E-state index in [4.69, 9.17) is 21.5 Å². The normalized spacial score (nSPS) is 11.1. The van der Waals surface area contributed by atoms with Crippen molar-refractivity contribution in [2.45, 2.75) is 31.1 Å². The number of primary sulfonamides is 1. The van der Waals surface area contributed by atoms with Gasteiger partial charge in [0.05, 0.1) is 10.6 Å². The molecule has 1 aromatic rings. The van der Waals surface area contributed by atoms with Crippen LogP contribution in [0.2, 0.25) is 5.02 Å². The molecular weight excluding hydrogens is 344 g/mol. The van der Waals surface area contributed by atoms with Crippen LogP contribution < -0.4 is 10.5 Å². The van der Waals surface area contributed by atoms with Crippen LogP contribution in [0.4, 0.5) is 0 Å². The Hall–Kier alpha value is -1.64. The number of unbranched alkanes of at least 4 members (excludes halogenated alkanes) is 2. The van der Waals surface area contributed by atoms with Gasteiger partial charge < -0.3 is 10.1 Å². The summed E-state index contributed by atoms with van der Waals surface area (Å²) in [4.78, 5) is 23.0. The Morgan fingerprint density at radius 1 is 1.30 bits per heavy atom. The molecule has 0 saturated carbocycles. The fraction of sp³-hybridized carbons (Fsp3) is 0.429. The largest absolute Gasteiger partial charge is 0.452 e. The van der Waals surface area contributed by atoms with Crippen molar-refractivity contribution in [3.05, 3.63) is 28.8 Å². The summed E-state index contributed by atoms with van der Waals surface area (Å²) in [6, 6.07) is 3.53. The third kappa shape index (κ3) is 6.55. The fourth-order valence-electron chi connectivity index (χ4n) is 1.72. The van der Waals surface area contributed by atoms with E-state index < -0.39 is 28.5 Å². The molecule has 0 aliphatic rings. The van der Waals surface area contributed by atoms with E-state index in [1.54, 1.807) is 0 Å². The molecule has 0 spiro atoms. The molecule has 0 heterocycles. The molecule has 128 valence electrons. The number of carbonyl (C=O) groups excluding carboxylic acids is 2. The molecule has 0 saturated heterocycles. The number of rotatable bonds is 8. The predicted octanol–water partition coefficient (Wildman–Crippen LogP) is 1.45. The molecular formula is C14H19ClN2O5S. The molecule has 7 nitrogen and oxygen atoms in total. The van der Waals surface area contributed by atoms with Crippen molar-refractivity contribution in [3.63, 3.8) is 0 Å². The number of nitrogens with one attached hydrogen (secondary N) is 1. The van der Waals surface area contributed by atoms with Gasteiger partial charge in [-0.1, -0.05) is 31.4 Å². The highest BCUT2D eigenvalue weighted by Gasteiger charge is 2.17. The number of hydrogen-bond donors (Lipinski definition) is 2. The molecule has 3 N–H and O–H groups in total. The highest BCUT2D eigenvalue weighted by Crippen LogP contribution is 2.21. The van der Waals surface area contributed by atoms with E-state index in [2.05, 4.69) is 5.32 Å². The highest BCUT2D eigenvalue weighted by molar-refractivity contribution is 7.89. The lowest BCUT2D eigenvalue weighted by molar-refractivity contribution is -0.124. The highest BCUT2D eigenvalue weighted by atomic mass is 35.5. The lowest BCUT2D eigenvalue weighted by Crippen LogP contribution is -2.29. The molecule has 0 aromatic heterocycles. The summed E-state index contributed by atoms with van der Waals surface area (Å²) in [5.41, 5.74) is -0.0581. The van der Waals surface area contributed by atoms with Gasteiger partial charge in [-0.2, -0.15) is 0 Å². The topological polar surface area (TPSA) is 116 Å². The standard InChI is InChI=1S/C14H19ClN2O5S/c1-2-3-4-7-17-13(18)9-22-14(19)10-5-6-11(15)12(8-10)23(16,20)21/h5-6,8H,2-4,7,9H2,1H3,(H,17,18)(H2,16,20,21). The van der Waals surface area contributed by atoms with Crippen LogP contribution in [0.3, 0.4) is 0 Å². The summed E-state index contributed by atoms with van der Waals surface area (Å²) in [6.45, 7) is 2.12. The molecule has 0 unspecified atom stereocenters. The van der Waals surface area contributed by atoms with Crippen LogP contribution in [0.5, 0.6) is 0 Å². The fourth-order valence-corrected chi connectivity index (χ4v) is 2.79. The lowest BCUT2D eigenvalue weighted by atomic mass is 10.2. The Morgan fingerprint density at radius 3 is 2.61 bits per heavy atom. The number of sulfonamides is 1. The van der Waals surface area contributed by atoms with Gasteiger partial charge in [-0.15, -0.1) is 0 Å². The minimum absolute atomic E-state index is 0.0581. The third-order valence-electron chi connectivity index (χ3n) is 2.91. The predicted molar refractivity (Wildman–Crippen MR) is 85.6 cm³/mol. The zero-order valence-electron chi connectivity index (χ0n) is 12.7. The quantitative estimate of drug-likeness (QED) is 0.536. The van der Waals surface area contributed by atoms with Crippen LogP contribution in [0.25, 0.3) is 0 Å². The first-order chi connectivity index (χ1) is 10.8. The minimum Gasteiger partial charge on any atom is -0.452 e. The third-order valence-corrected chi connectivity index (χ3v) is 4.30. The summed E-state index contributed by atoms with van der Waals surface area (Å²) in [5.74, 6) is -1.26. The maximum Gasteiger partial charge on any atom is 0.338 e. The van der Waals surface area contributed by atoms with E-state index in [0.717, 1.165) is 25.3 Å². The van der Waals surface area contributed by atoms with Crippen molar-refractivity contribution in [2.75, 3.05) is 13.2 Å². The van der Waals surface area contributed by atoms with E-state index in [-0.39, 0.29) is 15.5 Å². The van der Waals surface area contributed by atoms with E-state index in [0.29, 0.717) is 6.54 Å². The Morgan fingerprint density at radius 2 is 2.00 bits per heavy atom. The summed E-state index contributed by atoms with van der Waals surface area (Å²) < 4.78 is 27.5. The average molecular weight is 363 g/mol. The van der Waals surface area contributed by atoms with E-state index in [1.165, 1.54) is 12.1 Å². The number of ether oxygens (including phenoxy) is 1. The van der Waals surface area contributed by atoms with Crippen LogP contribution in [0.15, 0.2) is 23.1 Å². The van der Waals surface area contributed by atoms with Gasteiger partial charge in [0.25, 0.3) is 5.91 Å². The minimum atomic E-state index is -4.06. The molecule has 1 rings (SSSR count). The maximum absolute atomic E-state index is 11.8. The summed E-state index contributed by atoms with van der Waals surface area (Å²) in [6.07, 6.45) is 2.89. The number of benzene rings is 1. The second-order valence-corrected chi connectivity index (χ2v) is 6.76. The second kappa shape index (κ2) is 8.85. The number of nitrogens with two attached hydrogens (primary N) is 1. The average Bonchev–Trinajstić information content (AvgIpc) is 2.48. The van der Waals surface area contributed by atoms with E-state index in [9.17, 15) is 18.0 Å². The van der Waals surface area contributed by atoms with Crippen LogP contribution in [-0.2, 0) is 19.6 Å². The molecule has 9 heteroatoms. The second-order valence-electron chi connectivity index (χ2n) is 4.82. The molecule has 0 aliphatic carbocycles. The number of amides is 1. The van der Waals surface area contributed by atoms with Crippen molar-refractivity contribution in [1.82, 2.24) is 5.32 Å². The molecule has 0 fully saturated rings. The van der Waals surface area contributed by atoms with E-state index in [1.807, 2.05) is 6.92 Å². The van der Waals surface area contributed by atoms with Gasteiger partial charge in [0.2, 0.25) is 10.0 Å². The monoisotopic (exact) mass is 362 g/mol. The first-order valence-electron chi connectivity index (χ1n) is 7.02. The Balaban J connectivity index is 2.60. The SMILES string of the molecule is CCCCCNC(=O)COC(=O)c1ccc(Cl)c(S(N)(=O)=O)c1. The smallest absolute Gasteiger partial charge is 0.338 e. The van der Waals surface area contributed by atoms with Crippen LogP contribution in [0.1, 0.15) is 36.5 Å². The van der Waals surface area contributed by atoms with Gasteiger partial charge >= 0.3 is 5.97 Å². The summed E-state index contributed by atoms with van der Waals surface area (Å²) >= 11 is 5.72. The lowest BCUT2D eigenvalue weighted by Gasteiger charge is -2.08. The van der Waals surface area contributed by atoms with Gasteiger partial charge in [0.1, 0.15) is 4.90 Å². The van der Waals surface area contributed by atoms with Crippen molar-refractivity contribution < 1.29 is 22.7 Å². The first-order valence-corrected chi connectivity index (χ1v) is 8.94. The van der Waals surface area contributed by atoms with Crippen molar-refractivity contribution in [1.29, 1.82) is 0 Å². The van der Waals surface area contributed by atoms with Crippen LogP contribution >= 0.6 is 11.6 Å². The van der Waals surface area contributed by atoms with E-state index >= 15 is 0 Å². The van der Waals surface area contributed by atoms with Crippen molar-refractivity contribution in [2.24, 2.45) is 5.14 Å². The molecule has 0 atom stereocenters. The number of carbonyl (C=O) groups is 2. The Labute approximate surface area is 140 Å². The maximum atomic E-state index is 11.8. The van der Waals surface area contributed by atoms with Crippen LogP contribution in [0, 0.1) is 0 Å². The van der Waals surface area contributed by atoms with Crippen molar-refractivity contribution >= 4 is 33.5 Å². The zero-order valence-corrected chi connectivity index (χ0v) is 14.2. The zero-order chi connectivity index (χ0) is 17.5. The molecule has 0 radical (unpaired) electrons. The van der Waals surface area contributed by atoms with Gasteiger partial charge in [-0.05, 0) is 24.6 Å². The Bertz CT molecular complexity index is 676. The summed E-state index contributed by atoms with van der Waals surface area (Å²) in [5, 5.41) is 7.52.